The van der Waals surface area contributed by atoms with Gasteiger partial charge in [0.05, 0.1) is 11.5 Å². The number of nitrogens with zero attached hydrogens (tertiary/aromatic N) is 2. The van der Waals surface area contributed by atoms with E-state index in [-0.39, 0.29) is 23.5 Å². The van der Waals surface area contributed by atoms with Crippen LogP contribution in [0, 0.1) is 0 Å². The van der Waals surface area contributed by atoms with Crippen molar-refractivity contribution in [3.63, 3.8) is 0 Å². The second-order valence-electron chi connectivity index (χ2n) is 6.55. The number of rotatable bonds is 8. The Kier molecular flexibility index (Phi) is 6.84. The highest BCUT2D eigenvalue weighted by molar-refractivity contribution is 7.91. The fourth-order valence-corrected chi connectivity index (χ4v) is 4.96. The molecule has 1 aliphatic heterocycles. The molecule has 7 heteroatoms. The van der Waals surface area contributed by atoms with E-state index in [1.165, 1.54) is 0 Å². The van der Waals surface area contributed by atoms with Crippen molar-refractivity contribution in [1.82, 2.24) is 4.90 Å². The predicted octanol–water partition coefficient (Wildman–Crippen LogP) is 1.98. The largest absolute Gasteiger partial charge is 0.372 e. The van der Waals surface area contributed by atoms with Crippen LogP contribution in [0.25, 0.3) is 0 Å². The van der Waals surface area contributed by atoms with Gasteiger partial charge in [0, 0.05) is 43.5 Å². The first-order valence-electron chi connectivity index (χ1n) is 8.90. The number of carbonyl (C=O) groups is 1. The van der Waals surface area contributed by atoms with E-state index in [9.17, 15) is 13.2 Å². The van der Waals surface area contributed by atoms with Gasteiger partial charge in [-0.25, -0.2) is 8.42 Å². The van der Waals surface area contributed by atoms with Gasteiger partial charge in [0.25, 0.3) is 0 Å². The number of hydrogen-bond acceptors (Lipinski definition) is 5. The topological polar surface area (TPSA) is 69.7 Å². The number of amides is 1. The number of anilines is 2. The Morgan fingerprint density at radius 1 is 1.20 bits per heavy atom. The smallest absolute Gasteiger partial charge is 0.225 e. The molecule has 1 aliphatic rings. The fraction of sp³-hybridized carbons (Fsp3) is 0.611. The first-order valence-corrected chi connectivity index (χ1v) is 10.7. The monoisotopic (exact) mass is 367 g/mol. The van der Waals surface area contributed by atoms with Crippen LogP contribution in [0.5, 0.6) is 0 Å². The van der Waals surface area contributed by atoms with Gasteiger partial charge >= 0.3 is 0 Å². The molecule has 0 saturated carbocycles. The van der Waals surface area contributed by atoms with Gasteiger partial charge < -0.3 is 15.1 Å². The van der Waals surface area contributed by atoms with Gasteiger partial charge in [-0.15, -0.1) is 0 Å². The van der Waals surface area contributed by atoms with Crippen molar-refractivity contribution in [2.24, 2.45) is 0 Å². The molecule has 1 N–H and O–H groups in total. The molecular weight excluding hydrogens is 338 g/mol. The lowest BCUT2D eigenvalue weighted by Crippen LogP contribution is -2.35. The molecule has 0 radical (unpaired) electrons. The highest BCUT2D eigenvalue weighted by Gasteiger charge is 2.30. The lowest BCUT2D eigenvalue weighted by molar-refractivity contribution is -0.116. The van der Waals surface area contributed by atoms with E-state index < -0.39 is 9.84 Å². The Morgan fingerprint density at radius 3 is 2.36 bits per heavy atom. The zero-order valence-corrected chi connectivity index (χ0v) is 16.2. The number of nitrogens with one attached hydrogen (secondary N) is 1. The van der Waals surface area contributed by atoms with Gasteiger partial charge in [-0.05, 0) is 51.6 Å². The SMILES string of the molecule is CCN(CC)c1ccc(NC(=O)CCN(C)C2CCS(=O)(=O)C2)cc1. The maximum Gasteiger partial charge on any atom is 0.225 e. The summed E-state index contributed by atoms with van der Waals surface area (Å²) in [5, 5.41) is 2.90. The molecule has 0 aliphatic carbocycles. The second-order valence-corrected chi connectivity index (χ2v) is 8.78. The van der Waals surface area contributed by atoms with Gasteiger partial charge in [0.1, 0.15) is 0 Å². The van der Waals surface area contributed by atoms with E-state index in [1.807, 2.05) is 36.2 Å². The lowest BCUT2D eigenvalue weighted by atomic mass is 10.2. The van der Waals surface area contributed by atoms with Crippen LogP contribution in [0.4, 0.5) is 11.4 Å². The van der Waals surface area contributed by atoms with E-state index in [2.05, 4.69) is 24.1 Å². The Bertz CT molecular complexity index is 669. The third kappa shape index (κ3) is 5.71. The standard InChI is InChI=1S/C18H29N3O3S/c1-4-21(5-2)16-8-6-15(7-9-16)19-18(22)10-12-20(3)17-11-13-25(23,24)14-17/h6-9,17H,4-5,10-14H2,1-3H3,(H,19,22). The Hall–Kier alpha value is -1.60. The van der Waals surface area contributed by atoms with Gasteiger partial charge in [-0.2, -0.15) is 0 Å². The maximum atomic E-state index is 12.1. The minimum Gasteiger partial charge on any atom is -0.372 e. The van der Waals surface area contributed by atoms with Crippen molar-refractivity contribution in [3.05, 3.63) is 24.3 Å². The molecule has 1 unspecified atom stereocenters. The molecule has 25 heavy (non-hydrogen) atoms. The molecule has 1 atom stereocenters. The van der Waals surface area contributed by atoms with E-state index in [0.29, 0.717) is 19.4 Å². The van der Waals surface area contributed by atoms with Crippen molar-refractivity contribution in [2.45, 2.75) is 32.7 Å². The predicted molar refractivity (Wildman–Crippen MR) is 103 cm³/mol. The quantitative estimate of drug-likeness (QED) is 0.761. The Labute approximate surface area is 151 Å². The fourth-order valence-electron chi connectivity index (χ4n) is 3.15. The minimum atomic E-state index is -2.89. The molecule has 1 amide bonds. The molecule has 0 bridgehead atoms. The van der Waals surface area contributed by atoms with Crippen LogP contribution in [0.15, 0.2) is 24.3 Å². The lowest BCUT2D eigenvalue weighted by Gasteiger charge is -2.22. The maximum absolute atomic E-state index is 12.1. The third-order valence-electron chi connectivity index (χ3n) is 4.80. The molecule has 1 heterocycles. The highest BCUT2D eigenvalue weighted by Crippen LogP contribution is 2.19. The van der Waals surface area contributed by atoms with E-state index in [4.69, 9.17) is 0 Å². The van der Waals surface area contributed by atoms with Crippen LogP contribution in [0.1, 0.15) is 26.7 Å². The van der Waals surface area contributed by atoms with Crippen molar-refractivity contribution >= 4 is 27.1 Å². The van der Waals surface area contributed by atoms with Crippen molar-refractivity contribution in [3.8, 4) is 0 Å². The Balaban J connectivity index is 1.80. The molecule has 1 fully saturated rings. The van der Waals surface area contributed by atoms with Crippen molar-refractivity contribution < 1.29 is 13.2 Å². The molecule has 1 aromatic rings. The van der Waals surface area contributed by atoms with Crippen LogP contribution >= 0.6 is 0 Å². The van der Waals surface area contributed by atoms with Gasteiger partial charge in [0.2, 0.25) is 5.91 Å². The molecule has 1 saturated heterocycles. The highest BCUT2D eigenvalue weighted by atomic mass is 32.2. The van der Waals surface area contributed by atoms with Gasteiger partial charge in [0.15, 0.2) is 9.84 Å². The summed E-state index contributed by atoms with van der Waals surface area (Å²) < 4.78 is 23.1. The average molecular weight is 368 g/mol. The van der Waals surface area contributed by atoms with Crippen LogP contribution in [0.3, 0.4) is 0 Å². The number of carbonyl (C=O) groups excluding carboxylic acids is 1. The van der Waals surface area contributed by atoms with Crippen LogP contribution in [-0.2, 0) is 14.6 Å². The average Bonchev–Trinajstić information content (AvgIpc) is 2.95. The zero-order chi connectivity index (χ0) is 18.4. The summed E-state index contributed by atoms with van der Waals surface area (Å²) in [5.74, 6) is 0.411. The zero-order valence-electron chi connectivity index (χ0n) is 15.4. The molecule has 0 spiro atoms. The first kappa shape index (κ1) is 19.7. The Morgan fingerprint density at radius 2 is 1.84 bits per heavy atom. The summed E-state index contributed by atoms with van der Waals surface area (Å²) in [5.41, 5.74) is 1.93. The number of hydrogen-bond donors (Lipinski definition) is 1. The summed E-state index contributed by atoms with van der Waals surface area (Å²) in [6.45, 7) is 6.69. The molecule has 140 valence electrons. The molecule has 1 aromatic carbocycles. The summed E-state index contributed by atoms with van der Waals surface area (Å²) in [6, 6.07) is 7.89. The van der Waals surface area contributed by atoms with E-state index in [0.717, 1.165) is 24.5 Å². The van der Waals surface area contributed by atoms with Gasteiger partial charge in [-0.3, -0.25) is 4.79 Å². The second kappa shape index (κ2) is 8.67. The van der Waals surface area contributed by atoms with Crippen LogP contribution < -0.4 is 10.2 Å². The normalized spacial score (nSPS) is 19.1. The van der Waals surface area contributed by atoms with Crippen LogP contribution in [-0.4, -0.2) is 63.5 Å². The summed E-state index contributed by atoms with van der Waals surface area (Å²) >= 11 is 0. The van der Waals surface area contributed by atoms with Gasteiger partial charge in [-0.1, -0.05) is 0 Å². The van der Waals surface area contributed by atoms with Crippen molar-refractivity contribution in [1.29, 1.82) is 0 Å². The summed E-state index contributed by atoms with van der Waals surface area (Å²) in [4.78, 5) is 16.3. The summed E-state index contributed by atoms with van der Waals surface area (Å²) in [7, 11) is -1.00. The molecule has 6 nitrogen and oxygen atoms in total. The van der Waals surface area contributed by atoms with Crippen molar-refractivity contribution in [2.75, 3.05) is 48.4 Å². The number of sulfone groups is 1. The number of benzene rings is 1. The molecule has 2 rings (SSSR count). The minimum absolute atomic E-state index is 0.0335. The van der Waals surface area contributed by atoms with Crippen LogP contribution in [0.2, 0.25) is 0 Å². The molecule has 0 aromatic heterocycles. The van der Waals surface area contributed by atoms with E-state index >= 15 is 0 Å². The first-order chi connectivity index (χ1) is 11.8. The van der Waals surface area contributed by atoms with E-state index in [1.54, 1.807) is 0 Å². The summed E-state index contributed by atoms with van der Waals surface area (Å²) in [6.07, 6.45) is 1.01. The third-order valence-corrected chi connectivity index (χ3v) is 6.55. The molecular formula is C18H29N3O3S.